The maximum absolute atomic E-state index is 11.9. The summed E-state index contributed by atoms with van der Waals surface area (Å²) in [4.78, 5) is 11.9. The van der Waals surface area contributed by atoms with Crippen molar-refractivity contribution in [1.82, 2.24) is 10.6 Å². The summed E-state index contributed by atoms with van der Waals surface area (Å²) < 4.78 is 0. The van der Waals surface area contributed by atoms with Crippen LogP contribution >= 0.6 is 12.4 Å². The van der Waals surface area contributed by atoms with E-state index in [1.54, 1.807) is 0 Å². The highest BCUT2D eigenvalue weighted by Crippen LogP contribution is 2.25. The monoisotopic (exact) mass is 262 g/mol. The Labute approximate surface area is 112 Å². The van der Waals surface area contributed by atoms with Crippen LogP contribution in [0.4, 0.5) is 0 Å². The Morgan fingerprint density at radius 1 is 1.47 bits per heavy atom. The maximum atomic E-state index is 11.9. The fraction of sp³-hybridized carbons (Fsp3) is 0.923. The second kappa shape index (κ2) is 7.22. The average Bonchev–Trinajstić information content (AvgIpc) is 2.25. The Morgan fingerprint density at radius 2 is 2.12 bits per heavy atom. The molecule has 1 amide bonds. The molecule has 0 aromatic rings. The van der Waals surface area contributed by atoms with Crippen molar-refractivity contribution in [3.05, 3.63) is 0 Å². The smallest absolute Gasteiger partial charge is 0.223 e. The largest absolute Gasteiger partial charge is 0.356 e. The van der Waals surface area contributed by atoms with E-state index in [4.69, 9.17) is 0 Å². The van der Waals surface area contributed by atoms with E-state index in [-0.39, 0.29) is 29.6 Å². The highest BCUT2D eigenvalue weighted by Gasteiger charge is 2.27. The fourth-order valence-corrected chi connectivity index (χ4v) is 1.89. The Morgan fingerprint density at radius 3 is 2.59 bits per heavy atom. The van der Waals surface area contributed by atoms with E-state index in [1.165, 1.54) is 12.8 Å². The molecule has 0 saturated carbocycles. The Balaban J connectivity index is 0.00000256. The summed E-state index contributed by atoms with van der Waals surface area (Å²) in [5.74, 6) is 0.881. The summed E-state index contributed by atoms with van der Waals surface area (Å²) >= 11 is 0. The lowest BCUT2D eigenvalue weighted by atomic mass is 9.81. The number of carbonyl (C=O) groups excluding carboxylic acids is 1. The summed E-state index contributed by atoms with van der Waals surface area (Å²) in [6.45, 7) is 11.3. The van der Waals surface area contributed by atoms with E-state index >= 15 is 0 Å². The van der Waals surface area contributed by atoms with Gasteiger partial charge in [-0.3, -0.25) is 4.79 Å². The van der Waals surface area contributed by atoms with Crippen molar-refractivity contribution in [1.29, 1.82) is 0 Å². The molecule has 102 valence electrons. The van der Waals surface area contributed by atoms with E-state index in [2.05, 4.69) is 31.4 Å². The van der Waals surface area contributed by atoms with Gasteiger partial charge in [0.1, 0.15) is 0 Å². The fourth-order valence-electron chi connectivity index (χ4n) is 1.89. The lowest BCUT2D eigenvalue weighted by molar-refractivity contribution is -0.127. The first-order valence-electron chi connectivity index (χ1n) is 6.39. The summed E-state index contributed by atoms with van der Waals surface area (Å²) in [6, 6.07) is 0. The molecule has 0 spiro atoms. The summed E-state index contributed by atoms with van der Waals surface area (Å²) in [5, 5.41) is 6.45. The third-order valence-electron chi connectivity index (χ3n) is 3.66. The third-order valence-corrected chi connectivity index (χ3v) is 3.66. The van der Waals surface area contributed by atoms with Crippen molar-refractivity contribution >= 4 is 18.3 Å². The summed E-state index contributed by atoms with van der Waals surface area (Å²) in [5.41, 5.74) is 0.0505. The quantitative estimate of drug-likeness (QED) is 0.819. The molecule has 0 aliphatic carbocycles. The minimum Gasteiger partial charge on any atom is -0.356 e. The number of carbonyl (C=O) groups is 1. The van der Waals surface area contributed by atoms with Crippen LogP contribution in [0.2, 0.25) is 0 Å². The van der Waals surface area contributed by atoms with Gasteiger partial charge >= 0.3 is 0 Å². The zero-order chi connectivity index (χ0) is 12.2. The first-order valence-corrected chi connectivity index (χ1v) is 6.39. The Hall–Kier alpha value is -0.280. The van der Waals surface area contributed by atoms with Gasteiger partial charge in [0.15, 0.2) is 0 Å². The number of nitrogens with one attached hydrogen (secondary N) is 2. The number of amides is 1. The van der Waals surface area contributed by atoms with Gasteiger partial charge < -0.3 is 10.6 Å². The van der Waals surface area contributed by atoms with Gasteiger partial charge in [0.25, 0.3) is 0 Å². The molecule has 3 nitrogen and oxygen atoms in total. The van der Waals surface area contributed by atoms with Gasteiger partial charge in [-0.1, -0.05) is 27.7 Å². The van der Waals surface area contributed by atoms with E-state index < -0.39 is 0 Å². The third kappa shape index (κ3) is 5.73. The second-order valence-electron chi connectivity index (χ2n) is 6.05. The van der Waals surface area contributed by atoms with Crippen molar-refractivity contribution in [2.75, 3.05) is 19.6 Å². The van der Waals surface area contributed by atoms with Gasteiger partial charge in [0.05, 0.1) is 0 Å². The number of halogens is 1. The van der Waals surface area contributed by atoms with Crippen LogP contribution in [0.3, 0.4) is 0 Å². The van der Waals surface area contributed by atoms with E-state index in [1.807, 2.05) is 6.92 Å². The van der Waals surface area contributed by atoms with Crippen LogP contribution in [0.15, 0.2) is 0 Å². The van der Waals surface area contributed by atoms with Crippen molar-refractivity contribution in [2.24, 2.45) is 17.3 Å². The molecule has 0 aromatic carbocycles. The van der Waals surface area contributed by atoms with E-state index in [9.17, 15) is 4.79 Å². The lowest BCUT2D eigenvalue weighted by Crippen LogP contribution is -2.42. The highest BCUT2D eigenvalue weighted by molar-refractivity contribution is 5.85. The lowest BCUT2D eigenvalue weighted by Gasteiger charge is -2.28. The Kier molecular flexibility index (Phi) is 7.10. The number of hydrogen-bond donors (Lipinski definition) is 2. The van der Waals surface area contributed by atoms with Crippen molar-refractivity contribution in [3.63, 3.8) is 0 Å². The molecule has 0 aromatic heterocycles. The minimum absolute atomic E-state index is 0. The van der Waals surface area contributed by atoms with Crippen LogP contribution in [0, 0.1) is 17.3 Å². The number of rotatable bonds is 3. The molecule has 17 heavy (non-hydrogen) atoms. The molecular formula is C13H27ClN2O. The molecule has 0 radical (unpaired) electrons. The predicted octanol–water partition coefficient (Wildman–Crippen LogP) is 2.21. The van der Waals surface area contributed by atoms with Crippen LogP contribution in [-0.2, 0) is 4.79 Å². The van der Waals surface area contributed by atoms with Crippen LogP contribution in [0.25, 0.3) is 0 Å². The first-order chi connectivity index (χ1) is 7.41. The average molecular weight is 263 g/mol. The van der Waals surface area contributed by atoms with Crippen LogP contribution in [0.5, 0.6) is 0 Å². The van der Waals surface area contributed by atoms with Crippen LogP contribution in [-0.4, -0.2) is 25.5 Å². The SMILES string of the molecule is CC(C(=O)NCC1CCCNC1)C(C)(C)C.Cl. The second-order valence-corrected chi connectivity index (χ2v) is 6.05. The van der Waals surface area contributed by atoms with Crippen molar-refractivity contribution in [2.45, 2.75) is 40.5 Å². The van der Waals surface area contributed by atoms with Crippen molar-refractivity contribution < 1.29 is 4.79 Å². The molecular weight excluding hydrogens is 236 g/mol. The van der Waals surface area contributed by atoms with Gasteiger partial charge in [0, 0.05) is 12.5 Å². The molecule has 1 aliphatic rings. The van der Waals surface area contributed by atoms with Gasteiger partial charge in [-0.05, 0) is 37.3 Å². The molecule has 1 rings (SSSR count). The van der Waals surface area contributed by atoms with Gasteiger partial charge in [0.2, 0.25) is 5.91 Å². The maximum Gasteiger partial charge on any atom is 0.223 e. The zero-order valence-electron chi connectivity index (χ0n) is 11.5. The highest BCUT2D eigenvalue weighted by atomic mass is 35.5. The zero-order valence-corrected chi connectivity index (χ0v) is 12.3. The summed E-state index contributed by atoms with van der Waals surface area (Å²) in [6.07, 6.45) is 2.46. The predicted molar refractivity (Wildman–Crippen MR) is 74.5 cm³/mol. The van der Waals surface area contributed by atoms with Gasteiger partial charge in [-0.2, -0.15) is 0 Å². The molecule has 1 saturated heterocycles. The standard InChI is InChI=1S/C13H26N2O.ClH/c1-10(13(2,3)4)12(16)15-9-11-6-5-7-14-8-11;/h10-11,14H,5-9H2,1-4H3,(H,15,16);1H. The van der Waals surface area contributed by atoms with Gasteiger partial charge in [-0.15, -0.1) is 12.4 Å². The molecule has 0 bridgehead atoms. The molecule has 1 aliphatic heterocycles. The molecule has 2 atom stereocenters. The normalized spacial score (nSPS) is 22.5. The first kappa shape index (κ1) is 16.7. The molecule has 1 fully saturated rings. The summed E-state index contributed by atoms with van der Waals surface area (Å²) in [7, 11) is 0. The Bertz CT molecular complexity index is 232. The molecule has 4 heteroatoms. The van der Waals surface area contributed by atoms with Gasteiger partial charge in [-0.25, -0.2) is 0 Å². The van der Waals surface area contributed by atoms with Crippen LogP contribution < -0.4 is 10.6 Å². The minimum atomic E-state index is 0. The van der Waals surface area contributed by atoms with Crippen LogP contribution in [0.1, 0.15) is 40.5 Å². The molecule has 2 unspecified atom stereocenters. The topological polar surface area (TPSA) is 41.1 Å². The van der Waals surface area contributed by atoms with E-state index in [0.29, 0.717) is 5.92 Å². The van der Waals surface area contributed by atoms with Crippen molar-refractivity contribution in [3.8, 4) is 0 Å². The molecule has 1 heterocycles. The number of hydrogen-bond acceptors (Lipinski definition) is 2. The molecule has 2 N–H and O–H groups in total. The van der Waals surface area contributed by atoms with E-state index in [0.717, 1.165) is 19.6 Å². The number of piperidine rings is 1.